The first-order chi connectivity index (χ1) is 9.88. The fourth-order valence-electron chi connectivity index (χ4n) is 3.38. The van der Waals surface area contributed by atoms with Gasteiger partial charge in [-0.05, 0) is 39.8 Å². The SMILES string of the molecule is CN=C(NCCN1CCCCCC1)N1CC(C)(C)C1(C)C. The molecule has 4 nitrogen and oxygen atoms in total. The zero-order valence-electron chi connectivity index (χ0n) is 14.7. The lowest BCUT2D eigenvalue weighted by Crippen LogP contribution is -2.72. The molecular formula is C17H34N4. The number of aliphatic imine (C=N–C) groups is 1. The van der Waals surface area contributed by atoms with Crippen LogP contribution in [0.1, 0.15) is 53.4 Å². The third-order valence-electron chi connectivity index (χ3n) is 5.76. The monoisotopic (exact) mass is 294 g/mol. The molecular weight excluding hydrogens is 260 g/mol. The Bertz CT molecular complexity index is 365. The fraction of sp³-hybridized carbons (Fsp3) is 0.941. The second-order valence-corrected chi connectivity index (χ2v) is 7.76. The van der Waals surface area contributed by atoms with E-state index >= 15 is 0 Å². The van der Waals surface area contributed by atoms with Crippen LogP contribution in [0, 0.1) is 5.41 Å². The van der Waals surface area contributed by atoms with Crippen molar-refractivity contribution >= 4 is 5.96 Å². The molecule has 1 N–H and O–H groups in total. The normalized spacial score (nSPS) is 26.1. The van der Waals surface area contributed by atoms with Crippen LogP contribution in [0.15, 0.2) is 4.99 Å². The number of hydrogen-bond donors (Lipinski definition) is 1. The Morgan fingerprint density at radius 1 is 1.05 bits per heavy atom. The van der Waals surface area contributed by atoms with Gasteiger partial charge in [-0.1, -0.05) is 26.7 Å². The van der Waals surface area contributed by atoms with Gasteiger partial charge in [0.15, 0.2) is 5.96 Å². The summed E-state index contributed by atoms with van der Waals surface area (Å²) in [5, 5.41) is 3.57. The van der Waals surface area contributed by atoms with Crippen molar-refractivity contribution in [2.24, 2.45) is 10.4 Å². The van der Waals surface area contributed by atoms with Gasteiger partial charge in [-0.3, -0.25) is 4.99 Å². The molecule has 2 saturated heterocycles. The highest BCUT2D eigenvalue weighted by molar-refractivity contribution is 5.82. The molecule has 21 heavy (non-hydrogen) atoms. The largest absolute Gasteiger partial charge is 0.355 e. The molecule has 0 aromatic carbocycles. The van der Waals surface area contributed by atoms with Gasteiger partial charge < -0.3 is 15.1 Å². The maximum Gasteiger partial charge on any atom is 0.194 e. The quantitative estimate of drug-likeness (QED) is 0.641. The maximum absolute atomic E-state index is 4.49. The molecule has 2 aliphatic rings. The fourth-order valence-corrected chi connectivity index (χ4v) is 3.38. The van der Waals surface area contributed by atoms with Crippen molar-refractivity contribution in [2.45, 2.75) is 58.9 Å². The minimum absolute atomic E-state index is 0.178. The van der Waals surface area contributed by atoms with Crippen LogP contribution in [-0.4, -0.2) is 61.1 Å². The molecule has 0 unspecified atom stereocenters. The minimum atomic E-state index is 0.178. The molecule has 0 saturated carbocycles. The molecule has 0 radical (unpaired) electrons. The molecule has 0 aromatic rings. The third-order valence-corrected chi connectivity index (χ3v) is 5.76. The number of nitrogens with zero attached hydrogens (tertiary/aromatic N) is 3. The zero-order valence-corrected chi connectivity index (χ0v) is 14.7. The molecule has 0 aromatic heterocycles. The van der Waals surface area contributed by atoms with Crippen LogP contribution in [0.5, 0.6) is 0 Å². The van der Waals surface area contributed by atoms with Crippen molar-refractivity contribution in [1.29, 1.82) is 0 Å². The smallest absolute Gasteiger partial charge is 0.194 e. The molecule has 0 bridgehead atoms. The Morgan fingerprint density at radius 3 is 2.14 bits per heavy atom. The highest BCUT2D eigenvalue weighted by atomic mass is 15.4. The van der Waals surface area contributed by atoms with E-state index in [1.165, 1.54) is 38.8 Å². The van der Waals surface area contributed by atoms with Gasteiger partial charge in [0.25, 0.3) is 0 Å². The summed E-state index contributed by atoms with van der Waals surface area (Å²) in [6.45, 7) is 15.1. The van der Waals surface area contributed by atoms with Crippen LogP contribution in [0.4, 0.5) is 0 Å². The number of guanidine groups is 1. The van der Waals surface area contributed by atoms with E-state index < -0.39 is 0 Å². The molecule has 0 aliphatic carbocycles. The molecule has 0 atom stereocenters. The molecule has 2 fully saturated rings. The van der Waals surface area contributed by atoms with Gasteiger partial charge in [-0.15, -0.1) is 0 Å². The molecule has 2 rings (SSSR count). The predicted octanol–water partition coefficient (Wildman–Crippen LogP) is 2.56. The Morgan fingerprint density at radius 2 is 1.67 bits per heavy atom. The number of likely N-dealkylation sites (tertiary alicyclic amines) is 2. The molecule has 0 amide bonds. The van der Waals surface area contributed by atoms with E-state index in [-0.39, 0.29) is 5.54 Å². The van der Waals surface area contributed by atoms with E-state index in [9.17, 15) is 0 Å². The van der Waals surface area contributed by atoms with E-state index in [1.807, 2.05) is 7.05 Å². The first-order valence-electron chi connectivity index (χ1n) is 8.59. The first kappa shape index (κ1) is 16.6. The van der Waals surface area contributed by atoms with Gasteiger partial charge in [0.05, 0.1) is 0 Å². The van der Waals surface area contributed by atoms with Gasteiger partial charge in [0.2, 0.25) is 0 Å². The van der Waals surface area contributed by atoms with E-state index in [0.717, 1.165) is 25.6 Å². The molecule has 122 valence electrons. The Hall–Kier alpha value is -0.770. The van der Waals surface area contributed by atoms with E-state index in [4.69, 9.17) is 0 Å². The maximum atomic E-state index is 4.49. The van der Waals surface area contributed by atoms with Crippen LogP contribution >= 0.6 is 0 Å². The van der Waals surface area contributed by atoms with Crippen molar-refractivity contribution in [2.75, 3.05) is 39.8 Å². The second-order valence-electron chi connectivity index (χ2n) is 7.76. The van der Waals surface area contributed by atoms with E-state index in [1.54, 1.807) is 0 Å². The van der Waals surface area contributed by atoms with Gasteiger partial charge in [0, 0.05) is 37.6 Å². The number of rotatable bonds is 3. The molecule has 2 aliphatic heterocycles. The van der Waals surface area contributed by atoms with Crippen molar-refractivity contribution in [3.05, 3.63) is 0 Å². The van der Waals surface area contributed by atoms with Crippen LogP contribution in [0.3, 0.4) is 0 Å². The highest BCUT2D eigenvalue weighted by Gasteiger charge is 2.53. The van der Waals surface area contributed by atoms with E-state index in [2.05, 4.69) is 47.8 Å². The molecule has 4 heteroatoms. The van der Waals surface area contributed by atoms with Crippen LogP contribution < -0.4 is 5.32 Å². The van der Waals surface area contributed by atoms with Gasteiger partial charge in [0.1, 0.15) is 0 Å². The standard InChI is InChI=1S/C17H34N4/c1-16(2)14-21(17(16,3)4)15(18-5)19-10-13-20-11-8-6-7-9-12-20/h6-14H2,1-5H3,(H,18,19). The average Bonchev–Trinajstić information content (AvgIpc) is 2.70. The lowest BCUT2D eigenvalue weighted by molar-refractivity contribution is -0.0667. The summed E-state index contributed by atoms with van der Waals surface area (Å²) in [5.41, 5.74) is 0.535. The van der Waals surface area contributed by atoms with Crippen molar-refractivity contribution < 1.29 is 0 Å². The first-order valence-corrected chi connectivity index (χ1v) is 8.59. The third kappa shape index (κ3) is 3.53. The number of nitrogens with one attached hydrogen (secondary N) is 1. The summed E-state index contributed by atoms with van der Waals surface area (Å²) in [6.07, 6.45) is 5.54. The van der Waals surface area contributed by atoms with Crippen molar-refractivity contribution in [3.63, 3.8) is 0 Å². The van der Waals surface area contributed by atoms with Gasteiger partial charge >= 0.3 is 0 Å². The van der Waals surface area contributed by atoms with Crippen molar-refractivity contribution in [3.8, 4) is 0 Å². The summed E-state index contributed by atoms with van der Waals surface area (Å²) >= 11 is 0. The van der Waals surface area contributed by atoms with Gasteiger partial charge in [-0.25, -0.2) is 0 Å². The lowest BCUT2D eigenvalue weighted by atomic mass is 9.65. The highest BCUT2D eigenvalue weighted by Crippen LogP contribution is 2.46. The summed E-state index contributed by atoms with van der Waals surface area (Å²) < 4.78 is 0. The second kappa shape index (κ2) is 6.55. The summed E-state index contributed by atoms with van der Waals surface area (Å²) in [4.78, 5) is 9.49. The Labute approximate surface area is 131 Å². The van der Waals surface area contributed by atoms with Gasteiger partial charge in [-0.2, -0.15) is 0 Å². The zero-order chi connectivity index (χ0) is 15.5. The molecule has 0 spiro atoms. The topological polar surface area (TPSA) is 30.9 Å². The van der Waals surface area contributed by atoms with Crippen molar-refractivity contribution in [1.82, 2.24) is 15.1 Å². The Balaban J connectivity index is 1.79. The summed E-state index contributed by atoms with van der Waals surface area (Å²) in [7, 11) is 1.90. The Kier molecular flexibility index (Phi) is 5.18. The van der Waals surface area contributed by atoms with E-state index in [0.29, 0.717) is 5.41 Å². The lowest BCUT2D eigenvalue weighted by Gasteiger charge is -2.62. The summed E-state index contributed by atoms with van der Waals surface area (Å²) in [6, 6.07) is 0. The predicted molar refractivity (Wildman–Crippen MR) is 90.8 cm³/mol. The van der Waals surface area contributed by atoms with Crippen LogP contribution in [0.2, 0.25) is 0 Å². The van der Waals surface area contributed by atoms with Crippen LogP contribution in [-0.2, 0) is 0 Å². The van der Waals surface area contributed by atoms with Crippen LogP contribution in [0.25, 0.3) is 0 Å². The minimum Gasteiger partial charge on any atom is -0.355 e. The molecule has 2 heterocycles. The number of hydrogen-bond acceptors (Lipinski definition) is 2. The summed E-state index contributed by atoms with van der Waals surface area (Å²) in [5.74, 6) is 1.06. The average molecular weight is 294 g/mol.